The largest absolute Gasteiger partial charge is 0.386 e. The van der Waals surface area contributed by atoms with Gasteiger partial charge in [-0.1, -0.05) is 43.0 Å². The van der Waals surface area contributed by atoms with Crippen LogP contribution in [0.3, 0.4) is 0 Å². The molecule has 1 aromatic rings. The van der Waals surface area contributed by atoms with Gasteiger partial charge in [-0.05, 0) is 56.5 Å². The lowest BCUT2D eigenvalue weighted by Crippen LogP contribution is -2.53. The SMILES string of the molecule is OC(c1ccc(Cl)cc1)C1(N2CCCCC2)CCCC1. The van der Waals surface area contributed by atoms with Gasteiger partial charge in [0.2, 0.25) is 0 Å². The third-order valence-electron chi connectivity index (χ3n) is 5.15. The second kappa shape index (κ2) is 6.05. The predicted octanol–water partition coefficient (Wildman–Crippen LogP) is 4.17. The van der Waals surface area contributed by atoms with E-state index in [0.717, 1.165) is 36.5 Å². The van der Waals surface area contributed by atoms with Crippen LogP contribution in [0.15, 0.2) is 24.3 Å². The van der Waals surface area contributed by atoms with Crippen molar-refractivity contribution in [1.29, 1.82) is 0 Å². The molecular weight excluding hydrogens is 270 g/mol. The molecule has 20 heavy (non-hydrogen) atoms. The lowest BCUT2D eigenvalue weighted by molar-refractivity contribution is -0.0405. The molecule has 3 heteroatoms. The molecule has 0 aromatic heterocycles. The maximum absolute atomic E-state index is 11.0. The monoisotopic (exact) mass is 293 g/mol. The molecule has 1 aromatic carbocycles. The summed E-state index contributed by atoms with van der Waals surface area (Å²) in [6.07, 6.45) is 8.21. The Balaban J connectivity index is 1.87. The second-order valence-electron chi connectivity index (χ2n) is 6.31. The molecule has 1 saturated carbocycles. The molecule has 1 aliphatic heterocycles. The van der Waals surface area contributed by atoms with E-state index in [9.17, 15) is 5.11 Å². The van der Waals surface area contributed by atoms with Crippen LogP contribution in [0, 0.1) is 0 Å². The van der Waals surface area contributed by atoms with Gasteiger partial charge in [0.1, 0.15) is 0 Å². The fourth-order valence-electron chi connectivity index (χ4n) is 4.04. The Morgan fingerprint density at radius 1 is 0.950 bits per heavy atom. The molecule has 1 heterocycles. The zero-order valence-electron chi connectivity index (χ0n) is 12.0. The maximum Gasteiger partial charge on any atom is 0.0973 e. The lowest BCUT2D eigenvalue weighted by Gasteiger charge is -2.46. The van der Waals surface area contributed by atoms with Crippen molar-refractivity contribution >= 4 is 11.6 Å². The van der Waals surface area contributed by atoms with Gasteiger partial charge >= 0.3 is 0 Å². The van der Waals surface area contributed by atoms with E-state index < -0.39 is 0 Å². The standard InChI is InChI=1S/C17H24ClNO/c18-15-8-6-14(7-9-15)16(20)17(10-2-3-11-17)19-12-4-1-5-13-19/h6-9,16,20H,1-5,10-13H2. The minimum absolute atomic E-state index is 0.0335. The van der Waals surface area contributed by atoms with E-state index in [2.05, 4.69) is 4.90 Å². The Labute approximate surface area is 126 Å². The Morgan fingerprint density at radius 3 is 2.15 bits per heavy atom. The zero-order chi connectivity index (χ0) is 14.0. The molecule has 1 atom stereocenters. The van der Waals surface area contributed by atoms with Crippen molar-refractivity contribution in [1.82, 2.24) is 4.90 Å². The minimum Gasteiger partial charge on any atom is -0.386 e. The van der Waals surface area contributed by atoms with Crippen molar-refractivity contribution in [2.75, 3.05) is 13.1 Å². The van der Waals surface area contributed by atoms with Gasteiger partial charge in [0.15, 0.2) is 0 Å². The van der Waals surface area contributed by atoms with Crippen LogP contribution in [0.5, 0.6) is 0 Å². The predicted molar refractivity (Wildman–Crippen MR) is 83.0 cm³/mol. The fourth-order valence-corrected chi connectivity index (χ4v) is 4.17. The number of aliphatic hydroxyl groups is 1. The third-order valence-corrected chi connectivity index (χ3v) is 5.40. The van der Waals surface area contributed by atoms with Crippen LogP contribution in [-0.4, -0.2) is 28.6 Å². The van der Waals surface area contributed by atoms with Gasteiger partial charge in [-0.25, -0.2) is 0 Å². The molecule has 0 radical (unpaired) electrons. The van der Waals surface area contributed by atoms with Gasteiger partial charge in [0.05, 0.1) is 11.6 Å². The highest BCUT2D eigenvalue weighted by Crippen LogP contribution is 2.45. The molecule has 0 spiro atoms. The van der Waals surface area contributed by atoms with Crippen LogP contribution < -0.4 is 0 Å². The molecule has 1 unspecified atom stereocenters. The molecule has 0 bridgehead atoms. The van der Waals surface area contributed by atoms with Crippen LogP contribution >= 0.6 is 11.6 Å². The zero-order valence-corrected chi connectivity index (χ0v) is 12.8. The first-order valence-electron chi connectivity index (χ1n) is 7.91. The summed E-state index contributed by atoms with van der Waals surface area (Å²) >= 11 is 5.97. The molecule has 2 aliphatic rings. The van der Waals surface area contributed by atoms with E-state index in [1.807, 2.05) is 24.3 Å². The second-order valence-corrected chi connectivity index (χ2v) is 6.75. The van der Waals surface area contributed by atoms with E-state index >= 15 is 0 Å². The van der Waals surface area contributed by atoms with Crippen LogP contribution in [0.25, 0.3) is 0 Å². The summed E-state index contributed by atoms with van der Waals surface area (Å²) in [4.78, 5) is 2.57. The molecule has 0 amide bonds. The van der Waals surface area contributed by atoms with Crippen molar-refractivity contribution in [3.63, 3.8) is 0 Å². The normalized spacial score (nSPS) is 24.7. The number of rotatable bonds is 3. The van der Waals surface area contributed by atoms with E-state index in [4.69, 9.17) is 11.6 Å². The summed E-state index contributed by atoms with van der Waals surface area (Å²) < 4.78 is 0. The Bertz CT molecular complexity index is 433. The molecule has 1 N–H and O–H groups in total. The van der Waals surface area contributed by atoms with Gasteiger partial charge in [-0.2, -0.15) is 0 Å². The van der Waals surface area contributed by atoms with Gasteiger partial charge in [-0.15, -0.1) is 0 Å². The molecular formula is C17H24ClNO. The molecule has 1 aliphatic carbocycles. The van der Waals surface area contributed by atoms with Crippen molar-refractivity contribution in [2.45, 2.75) is 56.6 Å². The molecule has 2 fully saturated rings. The number of hydrogen-bond acceptors (Lipinski definition) is 2. The summed E-state index contributed by atoms with van der Waals surface area (Å²) in [5.74, 6) is 0. The van der Waals surface area contributed by atoms with Crippen LogP contribution in [0.4, 0.5) is 0 Å². The van der Waals surface area contributed by atoms with Crippen molar-refractivity contribution in [3.8, 4) is 0 Å². The quantitative estimate of drug-likeness (QED) is 0.904. The molecule has 110 valence electrons. The van der Waals surface area contributed by atoms with Crippen LogP contribution in [0.2, 0.25) is 5.02 Å². The highest BCUT2D eigenvalue weighted by atomic mass is 35.5. The maximum atomic E-state index is 11.0. The van der Waals surface area contributed by atoms with Crippen molar-refractivity contribution in [3.05, 3.63) is 34.9 Å². The number of halogens is 1. The molecule has 2 nitrogen and oxygen atoms in total. The van der Waals surface area contributed by atoms with E-state index in [1.165, 1.54) is 32.1 Å². The Kier molecular flexibility index (Phi) is 4.34. The number of hydrogen-bond donors (Lipinski definition) is 1. The summed E-state index contributed by atoms with van der Waals surface area (Å²) in [5, 5.41) is 11.8. The fraction of sp³-hybridized carbons (Fsp3) is 0.647. The highest BCUT2D eigenvalue weighted by molar-refractivity contribution is 6.30. The summed E-state index contributed by atoms with van der Waals surface area (Å²) in [7, 11) is 0. The van der Waals surface area contributed by atoms with E-state index in [0.29, 0.717) is 0 Å². The number of piperidine rings is 1. The highest BCUT2D eigenvalue weighted by Gasteiger charge is 2.46. The molecule has 3 rings (SSSR count). The number of benzene rings is 1. The van der Waals surface area contributed by atoms with Crippen LogP contribution in [0.1, 0.15) is 56.6 Å². The summed E-state index contributed by atoms with van der Waals surface area (Å²) in [5.41, 5.74) is 0.982. The van der Waals surface area contributed by atoms with Crippen molar-refractivity contribution in [2.24, 2.45) is 0 Å². The third kappa shape index (κ3) is 2.61. The van der Waals surface area contributed by atoms with E-state index in [-0.39, 0.29) is 11.6 Å². The average molecular weight is 294 g/mol. The van der Waals surface area contributed by atoms with Crippen LogP contribution in [-0.2, 0) is 0 Å². The first-order chi connectivity index (χ1) is 9.72. The minimum atomic E-state index is -0.389. The number of nitrogens with zero attached hydrogens (tertiary/aromatic N) is 1. The summed E-state index contributed by atoms with van der Waals surface area (Å²) in [6, 6.07) is 7.74. The number of likely N-dealkylation sites (tertiary alicyclic amines) is 1. The van der Waals surface area contributed by atoms with Crippen molar-refractivity contribution < 1.29 is 5.11 Å². The van der Waals surface area contributed by atoms with Gasteiger partial charge < -0.3 is 5.11 Å². The average Bonchev–Trinajstić information content (AvgIpc) is 2.99. The van der Waals surface area contributed by atoms with Gasteiger partial charge in [-0.3, -0.25) is 4.90 Å². The topological polar surface area (TPSA) is 23.5 Å². The Morgan fingerprint density at radius 2 is 1.55 bits per heavy atom. The Hall–Kier alpha value is -0.570. The molecule has 1 saturated heterocycles. The lowest BCUT2D eigenvalue weighted by atomic mass is 9.83. The smallest absolute Gasteiger partial charge is 0.0973 e. The summed E-state index contributed by atoms with van der Waals surface area (Å²) in [6.45, 7) is 2.29. The van der Waals surface area contributed by atoms with Gasteiger partial charge in [0.25, 0.3) is 0 Å². The first-order valence-corrected chi connectivity index (χ1v) is 8.29. The number of aliphatic hydroxyl groups excluding tert-OH is 1. The first kappa shape index (κ1) is 14.4. The van der Waals surface area contributed by atoms with Gasteiger partial charge in [0, 0.05) is 5.02 Å². The van der Waals surface area contributed by atoms with E-state index in [1.54, 1.807) is 0 Å².